The minimum atomic E-state index is -1.31. The first-order valence-electron chi connectivity index (χ1n) is 4.92. The van der Waals surface area contributed by atoms with Gasteiger partial charge in [0.25, 0.3) is 0 Å². The highest BCUT2D eigenvalue weighted by Gasteiger charge is 2.24. The second kappa shape index (κ2) is 4.41. The fraction of sp³-hybridized carbons (Fsp3) is 0.308. The monoisotopic (exact) mass is 204 g/mol. The Hall–Kier alpha value is -1.41. The van der Waals surface area contributed by atoms with E-state index in [2.05, 4.69) is 6.58 Å². The third kappa shape index (κ3) is 3.03. The molecule has 2 heteroatoms. The van der Waals surface area contributed by atoms with Crippen molar-refractivity contribution in [2.75, 3.05) is 0 Å². The summed E-state index contributed by atoms with van der Waals surface area (Å²) in [6.07, 6.45) is 2.60. The van der Waals surface area contributed by atoms with Crippen LogP contribution in [-0.2, 0) is 6.42 Å². The molecule has 0 aliphatic carbocycles. The largest absolute Gasteiger partial charge is 0.382 e. The summed E-state index contributed by atoms with van der Waals surface area (Å²) in [4.78, 5) is 11.7. The average Bonchev–Trinajstić information content (AvgIpc) is 2.17. The number of rotatable bonds is 4. The van der Waals surface area contributed by atoms with E-state index in [0.29, 0.717) is 5.56 Å². The third-order valence-electron chi connectivity index (χ3n) is 2.15. The lowest BCUT2D eigenvalue weighted by Gasteiger charge is -2.15. The number of carbonyl (C=O) groups is 1. The Balaban J connectivity index is 2.89. The van der Waals surface area contributed by atoms with Crippen molar-refractivity contribution in [2.24, 2.45) is 0 Å². The van der Waals surface area contributed by atoms with Crippen molar-refractivity contribution in [3.05, 3.63) is 48.0 Å². The summed E-state index contributed by atoms with van der Waals surface area (Å²) in [5, 5.41) is 9.55. The fourth-order valence-corrected chi connectivity index (χ4v) is 1.31. The molecule has 0 atom stereocenters. The minimum Gasteiger partial charge on any atom is -0.382 e. The molecule has 0 saturated heterocycles. The Bertz CT molecular complexity index is 355. The van der Waals surface area contributed by atoms with Gasteiger partial charge in [-0.2, -0.15) is 0 Å². The van der Waals surface area contributed by atoms with Gasteiger partial charge in [0.1, 0.15) is 5.60 Å². The van der Waals surface area contributed by atoms with Crippen molar-refractivity contribution < 1.29 is 9.90 Å². The lowest BCUT2D eigenvalue weighted by Crippen LogP contribution is -2.30. The summed E-state index contributed by atoms with van der Waals surface area (Å²) in [6, 6.07) is 7.22. The van der Waals surface area contributed by atoms with Crippen LogP contribution >= 0.6 is 0 Å². The smallest absolute Gasteiger partial charge is 0.193 e. The summed E-state index contributed by atoms with van der Waals surface area (Å²) in [6.45, 7) is 6.63. The molecule has 0 radical (unpaired) electrons. The van der Waals surface area contributed by atoms with Crippen molar-refractivity contribution in [2.45, 2.75) is 25.9 Å². The molecule has 0 bridgehead atoms. The van der Waals surface area contributed by atoms with Crippen LogP contribution in [0.1, 0.15) is 29.8 Å². The van der Waals surface area contributed by atoms with Crippen molar-refractivity contribution in [1.82, 2.24) is 0 Å². The molecule has 15 heavy (non-hydrogen) atoms. The molecule has 0 amide bonds. The molecule has 0 saturated carbocycles. The van der Waals surface area contributed by atoms with Gasteiger partial charge in [0.15, 0.2) is 5.78 Å². The summed E-state index contributed by atoms with van der Waals surface area (Å²) in [7, 11) is 0. The predicted octanol–water partition coefficient (Wildman–Crippen LogP) is 2.37. The van der Waals surface area contributed by atoms with Crippen molar-refractivity contribution >= 4 is 5.78 Å². The quantitative estimate of drug-likeness (QED) is 0.604. The maximum Gasteiger partial charge on any atom is 0.193 e. The third-order valence-corrected chi connectivity index (χ3v) is 2.15. The zero-order valence-electron chi connectivity index (χ0n) is 9.16. The van der Waals surface area contributed by atoms with Crippen LogP contribution in [0.5, 0.6) is 0 Å². The number of aliphatic hydroxyl groups is 1. The van der Waals surface area contributed by atoms with Crippen LogP contribution in [-0.4, -0.2) is 16.5 Å². The predicted molar refractivity (Wildman–Crippen MR) is 61.0 cm³/mol. The standard InChI is InChI=1S/C13H16O2/c1-4-5-10-6-8-11(9-7-10)12(14)13(2,3)15/h4,6-9,15H,1,5H2,2-3H3. The van der Waals surface area contributed by atoms with E-state index in [1.54, 1.807) is 12.1 Å². The van der Waals surface area contributed by atoms with E-state index in [1.165, 1.54) is 13.8 Å². The Morgan fingerprint density at radius 3 is 2.33 bits per heavy atom. The summed E-state index contributed by atoms with van der Waals surface area (Å²) in [5.74, 6) is -0.257. The van der Waals surface area contributed by atoms with E-state index in [1.807, 2.05) is 18.2 Å². The second-order valence-electron chi connectivity index (χ2n) is 4.08. The number of allylic oxidation sites excluding steroid dienone is 1. The van der Waals surface area contributed by atoms with Crippen LogP contribution in [0.25, 0.3) is 0 Å². The first kappa shape index (κ1) is 11.7. The van der Waals surface area contributed by atoms with E-state index in [-0.39, 0.29) is 5.78 Å². The van der Waals surface area contributed by atoms with Crippen LogP contribution in [0.15, 0.2) is 36.9 Å². The molecule has 0 spiro atoms. The molecular formula is C13H16O2. The van der Waals surface area contributed by atoms with Crippen molar-refractivity contribution in [1.29, 1.82) is 0 Å². The van der Waals surface area contributed by atoms with Gasteiger partial charge < -0.3 is 5.11 Å². The minimum absolute atomic E-state index is 0.257. The zero-order valence-corrected chi connectivity index (χ0v) is 9.16. The zero-order chi connectivity index (χ0) is 11.5. The summed E-state index contributed by atoms with van der Waals surface area (Å²) < 4.78 is 0. The molecule has 0 heterocycles. The highest BCUT2D eigenvalue weighted by Crippen LogP contribution is 2.13. The Kier molecular flexibility index (Phi) is 3.43. The van der Waals surface area contributed by atoms with Crippen molar-refractivity contribution in [3.8, 4) is 0 Å². The maximum absolute atomic E-state index is 11.7. The normalized spacial score (nSPS) is 11.1. The van der Waals surface area contributed by atoms with E-state index in [9.17, 15) is 9.90 Å². The van der Waals surface area contributed by atoms with Crippen LogP contribution in [0.2, 0.25) is 0 Å². The van der Waals surface area contributed by atoms with Crippen LogP contribution in [0.4, 0.5) is 0 Å². The Labute approximate surface area is 90.3 Å². The molecule has 80 valence electrons. The fourth-order valence-electron chi connectivity index (χ4n) is 1.31. The van der Waals surface area contributed by atoms with E-state index in [0.717, 1.165) is 12.0 Å². The topological polar surface area (TPSA) is 37.3 Å². The Morgan fingerprint density at radius 1 is 1.40 bits per heavy atom. The summed E-state index contributed by atoms with van der Waals surface area (Å²) in [5.41, 5.74) is 0.340. The lowest BCUT2D eigenvalue weighted by molar-refractivity contribution is 0.0488. The van der Waals surface area contributed by atoms with Gasteiger partial charge in [0.2, 0.25) is 0 Å². The molecular weight excluding hydrogens is 188 g/mol. The average molecular weight is 204 g/mol. The van der Waals surface area contributed by atoms with E-state index >= 15 is 0 Å². The molecule has 1 aromatic carbocycles. The number of hydrogen-bond donors (Lipinski definition) is 1. The highest BCUT2D eigenvalue weighted by molar-refractivity contribution is 6.01. The van der Waals surface area contributed by atoms with Gasteiger partial charge in [0.05, 0.1) is 0 Å². The van der Waals surface area contributed by atoms with Gasteiger partial charge in [-0.1, -0.05) is 30.3 Å². The van der Waals surface area contributed by atoms with E-state index < -0.39 is 5.60 Å². The molecule has 1 rings (SSSR count). The number of hydrogen-bond acceptors (Lipinski definition) is 2. The number of benzene rings is 1. The van der Waals surface area contributed by atoms with Gasteiger partial charge in [-0.05, 0) is 25.8 Å². The first-order valence-corrected chi connectivity index (χ1v) is 4.92. The van der Waals surface area contributed by atoms with Gasteiger partial charge in [0, 0.05) is 5.56 Å². The number of ketones is 1. The van der Waals surface area contributed by atoms with Crippen molar-refractivity contribution in [3.63, 3.8) is 0 Å². The lowest BCUT2D eigenvalue weighted by atomic mass is 9.96. The second-order valence-corrected chi connectivity index (χ2v) is 4.08. The molecule has 0 aromatic heterocycles. The van der Waals surface area contributed by atoms with Crippen LogP contribution in [0, 0.1) is 0 Å². The molecule has 1 aromatic rings. The maximum atomic E-state index is 11.7. The molecule has 1 N–H and O–H groups in total. The van der Waals surface area contributed by atoms with Gasteiger partial charge in [-0.3, -0.25) is 4.79 Å². The molecule has 2 nitrogen and oxygen atoms in total. The van der Waals surface area contributed by atoms with Gasteiger partial charge >= 0.3 is 0 Å². The first-order chi connectivity index (χ1) is 6.95. The highest BCUT2D eigenvalue weighted by atomic mass is 16.3. The molecule has 0 unspecified atom stereocenters. The molecule has 0 aliphatic heterocycles. The van der Waals surface area contributed by atoms with Crippen LogP contribution < -0.4 is 0 Å². The van der Waals surface area contributed by atoms with Gasteiger partial charge in [-0.15, -0.1) is 6.58 Å². The summed E-state index contributed by atoms with van der Waals surface area (Å²) >= 11 is 0. The number of Topliss-reactive ketones (excluding diaryl/α,β-unsaturated/α-hetero) is 1. The van der Waals surface area contributed by atoms with E-state index in [4.69, 9.17) is 0 Å². The Morgan fingerprint density at radius 2 is 1.93 bits per heavy atom. The SMILES string of the molecule is C=CCc1ccc(C(=O)C(C)(C)O)cc1. The number of carbonyl (C=O) groups excluding carboxylic acids is 1. The molecule has 0 fully saturated rings. The molecule has 0 aliphatic rings. The van der Waals surface area contributed by atoms with Crippen LogP contribution in [0.3, 0.4) is 0 Å². The van der Waals surface area contributed by atoms with Gasteiger partial charge in [-0.25, -0.2) is 0 Å².